The van der Waals surface area contributed by atoms with E-state index in [0.29, 0.717) is 10.7 Å². The maximum Gasteiger partial charge on any atom is 0.253 e. The number of halogens is 1. The van der Waals surface area contributed by atoms with Crippen LogP contribution in [0.4, 0.5) is 0 Å². The first-order valence-electron chi connectivity index (χ1n) is 10.8. The van der Waals surface area contributed by atoms with E-state index in [4.69, 9.17) is 11.6 Å². The molecule has 31 heavy (non-hydrogen) atoms. The molecule has 1 unspecified atom stereocenters. The van der Waals surface area contributed by atoms with E-state index in [1.54, 1.807) is 12.1 Å². The fraction of sp³-hybridized carbons (Fsp3) is 0.308. The first-order valence-corrected chi connectivity index (χ1v) is 11.2. The highest BCUT2D eigenvalue weighted by atomic mass is 35.5. The van der Waals surface area contributed by atoms with Crippen molar-refractivity contribution in [1.29, 1.82) is 0 Å². The standard InChI is InChI=1S/C26H28ClN3O/c1-18-12-19(2)14-23(13-18)21-7-5-20(6-8-21)16-30-11-3-4-24(17-30)29-26(31)22-9-10-25(27)28-15-22/h5-10,12-15,24H,3-4,11,16-17H2,1-2H3,(H,29,31). The number of nitrogens with zero attached hydrogens (tertiary/aromatic N) is 2. The Kier molecular flexibility index (Phi) is 6.69. The topological polar surface area (TPSA) is 45.2 Å². The molecule has 1 aliphatic heterocycles. The minimum atomic E-state index is -0.0891. The molecule has 0 aliphatic carbocycles. The third-order valence-corrected chi connectivity index (χ3v) is 5.97. The van der Waals surface area contributed by atoms with Crippen LogP contribution in [0.5, 0.6) is 0 Å². The van der Waals surface area contributed by atoms with Crippen LogP contribution in [-0.4, -0.2) is 34.9 Å². The Morgan fingerprint density at radius 2 is 1.81 bits per heavy atom. The fourth-order valence-corrected chi connectivity index (χ4v) is 4.41. The van der Waals surface area contributed by atoms with E-state index in [0.717, 1.165) is 32.5 Å². The van der Waals surface area contributed by atoms with Gasteiger partial charge in [0.2, 0.25) is 0 Å². The SMILES string of the molecule is Cc1cc(C)cc(-c2ccc(CN3CCCC(NC(=O)c4ccc(Cl)nc4)C3)cc2)c1. The molecule has 1 saturated heterocycles. The van der Waals surface area contributed by atoms with E-state index in [9.17, 15) is 4.79 Å². The van der Waals surface area contributed by atoms with Crippen molar-refractivity contribution in [3.8, 4) is 11.1 Å². The maximum atomic E-state index is 12.5. The Hall–Kier alpha value is -2.69. The summed E-state index contributed by atoms with van der Waals surface area (Å²) in [6.07, 6.45) is 3.59. The highest BCUT2D eigenvalue weighted by Crippen LogP contribution is 2.23. The van der Waals surface area contributed by atoms with Crippen molar-refractivity contribution in [3.63, 3.8) is 0 Å². The van der Waals surface area contributed by atoms with Crippen LogP contribution >= 0.6 is 11.6 Å². The predicted molar refractivity (Wildman–Crippen MR) is 126 cm³/mol. The summed E-state index contributed by atoms with van der Waals surface area (Å²) in [5.41, 5.74) is 6.92. The summed E-state index contributed by atoms with van der Waals surface area (Å²) in [6.45, 7) is 7.07. The third-order valence-electron chi connectivity index (χ3n) is 5.75. The van der Waals surface area contributed by atoms with Crippen LogP contribution in [0.1, 0.15) is 39.9 Å². The van der Waals surface area contributed by atoms with Gasteiger partial charge in [0.15, 0.2) is 0 Å². The van der Waals surface area contributed by atoms with Gasteiger partial charge >= 0.3 is 0 Å². The number of hydrogen-bond acceptors (Lipinski definition) is 3. The van der Waals surface area contributed by atoms with E-state index in [1.807, 2.05) is 0 Å². The molecule has 0 saturated carbocycles. The van der Waals surface area contributed by atoms with Gasteiger partial charge in [-0.1, -0.05) is 65.2 Å². The molecule has 3 aromatic rings. The molecular formula is C26H28ClN3O. The van der Waals surface area contributed by atoms with Crippen molar-refractivity contribution < 1.29 is 4.79 Å². The number of piperidine rings is 1. The lowest BCUT2D eigenvalue weighted by atomic mass is 9.99. The summed E-state index contributed by atoms with van der Waals surface area (Å²) in [6, 6.07) is 19.0. The van der Waals surface area contributed by atoms with Gasteiger partial charge in [-0.05, 0) is 62.1 Å². The van der Waals surface area contributed by atoms with Gasteiger partial charge in [-0.2, -0.15) is 0 Å². The normalized spacial score (nSPS) is 16.8. The lowest BCUT2D eigenvalue weighted by molar-refractivity contribution is 0.0900. The minimum absolute atomic E-state index is 0.0891. The molecule has 0 radical (unpaired) electrons. The van der Waals surface area contributed by atoms with E-state index in [-0.39, 0.29) is 11.9 Å². The summed E-state index contributed by atoms with van der Waals surface area (Å²) in [5, 5.41) is 3.54. The van der Waals surface area contributed by atoms with Crippen LogP contribution in [-0.2, 0) is 6.54 Å². The van der Waals surface area contributed by atoms with Crippen molar-refractivity contribution in [2.75, 3.05) is 13.1 Å². The summed E-state index contributed by atoms with van der Waals surface area (Å²) in [5.74, 6) is -0.0891. The molecule has 2 aromatic carbocycles. The molecular weight excluding hydrogens is 406 g/mol. The van der Waals surface area contributed by atoms with Gasteiger partial charge in [0, 0.05) is 25.3 Å². The molecule has 160 valence electrons. The Balaban J connectivity index is 1.35. The Morgan fingerprint density at radius 1 is 1.06 bits per heavy atom. The highest BCUT2D eigenvalue weighted by Gasteiger charge is 2.22. The maximum absolute atomic E-state index is 12.5. The van der Waals surface area contributed by atoms with Gasteiger partial charge in [-0.3, -0.25) is 9.69 Å². The monoisotopic (exact) mass is 433 g/mol. The van der Waals surface area contributed by atoms with Gasteiger partial charge < -0.3 is 5.32 Å². The number of likely N-dealkylation sites (tertiary alicyclic amines) is 1. The lowest BCUT2D eigenvalue weighted by Gasteiger charge is -2.33. The summed E-state index contributed by atoms with van der Waals surface area (Å²) < 4.78 is 0. The largest absolute Gasteiger partial charge is 0.348 e. The second-order valence-electron chi connectivity index (χ2n) is 8.49. The van der Waals surface area contributed by atoms with E-state index >= 15 is 0 Å². The average Bonchev–Trinajstić information content (AvgIpc) is 2.74. The summed E-state index contributed by atoms with van der Waals surface area (Å²) in [7, 11) is 0. The number of pyridine rings is 1. The number of nitrogens with one attached hydrogen (secondary N) is 1. The molecule has 5 heteroatoms. The van der Waals surface area contributed by atoms with Gasteiger partial charge in [-0.15, -0.1) is 0 Å². The molecule has 1 aromatic heterocycles. The quantitative estimate of drug-likeness (QED) is 0.547. The zero-order valence-corrected chi connectivity index (χ0v) is 18.8. The predicted octanol–water partition coefficient (Wildman–Crippen LogP) is 5.41. The lowest BCUT2D eigenvalue weighted by Crippen LogP contribution is -2.47. The second kappa shape index (κ2) is 9.63. The first kappa shape index (κ1) is 21.5. The zero-order chi connectivity index (χ0) is 21.8. The number of carbonyl (C=O) groups is 1. The van der Waals surface area contributed by atoms with Crippen molar-refractivity contribution in [2.45, 2.75) is 39.3 Å². The van der Waals surface area contributed by atoms with Gasteiger partial charge in [-0.25, -0.2) is 4.98 Å². The third kappa shape index (κ3) is 5.72. The van der Waals surface area contributed by atoms with Gasteiger partial charge in [0.25, 0.3) is 5.91 Å². The number of benzene rings is 2. The summed E-state index contributed by atoms with van der Waals surface area (Å²) in [4.78, 5) is 18.9. The number of hydrogen-bond donors (Lipinski definition) is 1. The molecule has 1 N–H and O–H groups in total. The molecule has 0 bridgehead atoms. The Labute approximate surface area is 189 Å². The first-order chi connectivity index (χ1) is 15.0. The fourth-order valence-electron chi connectivity index (χ4n) is 4.30. The second-order valence-corrected chi connectivity index (χ2v) is 8.88. The van der Waals surface area contributed by atoms with Crippen LogP contribution in [0.2, 0.25) is 5.15 Å². The molecule has 1 fully saturated rings. The van der Waals surface area contributed by atoms with Crippen LogP contribution < -0.4 is 5.32 Å². The smallest absolute Gasteiger partial charge is 0.253 e. The molecule has 4 rings (SSSR count). The van der Waals surface area contributed by atoms with Crippen LogP contribution in [0.25, 0.3) is 11.1 Å². The van der Waals surface area contributed by atoms with Gasteiger partial charge in [0.05, 0.1) is 5.56 Å². The van der Waals surface area contributed by atoms with E-state index in [1.165, 1.54) is 34.0 Å². The zero-order valence-electron chi connectivity index (χ0n) is 18.1. The number of carbonyl (C=O) groups excluding carboxylic acids is 1. The number of amides is 1. The molecule has 2 heterocycles. The van der Waals surface area contributed by atoms with Crippen LogP contribution in [0.3, 0.4) is 0 Å². The van der Waals surface area contributed by atoms with Crippen molar-refractivity contribution in [2.24, 2.45) is 0 Å². The molecule has 1 aliphatic rings. The Bertz CT molecular complexity index is 1030. The Morgan fingerprint density at radius 3 is 2.48 bits per heavy atom. The number of rotatable bonds is 5. The molecule has 1 atom stereocenters. The number of aryl methyl sites for hydroxylation is 2. The van der Waals surface area contributed by atoms with Crippen molar-refractivity contribution in [3.05, 3.63) is 88.2 Å². The number of aromatic nitrogens is 1. The van der Waals surface area contributed by atoms with E-state index in [2.05, 4.69) is 71.5 Å². The molecule has 4 nitrogen and oxygen atoms in total. The van der Waals surface area contributed by atoms with Crippen molar-refractivity contribution >= 4 is 17.5 Å². The highest BCUT2D eigenvalue weighted by molar-refractivity contribution is 6.29. The van der Waals surface area contributed by atoms with Crippen molar-refractivity contribution in [1.82, 2.24) is 15.2 Å². The van der Waals surface area contributed by atoms with Gasteiger partial charge in [0.1, 0.15) is 5.15 Å². The molecule has 1 amide bonds. The molecule has 0 spiro atoms. The average molecular weight is 434 g/mol. The minimum Gasteiger partial charge on any atom is -0.348 e. The van der Waals surface area contributed by atoms with Crippen LogP contribution in [0.15, 0.2) is 60.8 Å². The van der Waals surface area contributed by atoms with E-state index < -0.39 is 0 Å². The van der Waals surface area contributed by atoms with Crippen LogP contribution in [0, 0.1) is 13.8 Å². The summed E-state index contributed by atoms with van der Waals surface area (Å²) >= 11 is 5.81.